The molecule has 3 aromatic carbocycles. The number of hydrogen-bond acceptors (Lipinski definition) is 5. The maximum atomic E-state index is 14.0. The van der Waals surface area contributed by atoms with Gasteiger partial charge in [0.15, 0.2) is 0 Å². The molecular weight excluding hydrogens is 545 g/mol. The molecule has 2 amide bonds. The van der Waals surface area contributed by atoms with E-state index in [1.807, 2.05) is 58.9 Å². The molecule has 220 valence electrons. The van der Waals surface area contributed by atoms with Crippen LogP contribution in [-0.2, 0) is 26.2 Å². The number of amides is 2. The largest absolute Gasteiger partial charge is 0.494 e. The molecule has 0 unspecified atom stereocenters. The van der Waals surface area contributed by atoms with E-state index in [4.69, 9.17) is 4.74 Å². The van der Waals surface area contributed by atoms with Crippen LogP contribution in [0.3, 0.4) is 0 Å². The summed E-state index contributed by atoms with van der Waals surface area (Å²) in [5.41, 5.74) is 1.33. The van der Waals surface area contributed by atoms with E-state index in [0.717, 1.165) is 27.6 Å². The second kappa shape index (κ2) is 13.2. The second-order valence-electron chi connectivity index (χ2n) is 10.8. The summed E-state index contributed by atoms with van der Waals surface area (Å²) in [4.78, 5) is 28.4. The Kier molecular flexibility index (Phi) is 10.1. The Morgan fingerprint density at radius 3 is 2.20 bits per heavy atom. The quantitative estimate of drug-likeness (QED) is 0.341. The van der Waals surface area contributed by atoms with Crippen LogP contribution < -0.4 is 14.4 Å². The second-order valence-corrected chi connectivity index (χ2v) is 12.7. The molecule has 10 heteroatoms. The highest BCUT2D eigenvalue weighted by atomic mass is 32.2. The zero-order valence-corrected chi connectivity index (χ0v) is 25.2. The van der Waals surface area contributed by atoms with Crippen LogP contribution in [0, 0.1) is 12.7 Å². The lowest BCUT2D eigenvalue weighted by atomic mass is 10.1. The van der Waals surface area contributed by atoms with Crippen LogP contribution in [0.4, 0.5) is 10.1 Å². The van der Waals surface area contributed by atoms with Crippen molar-refractivity contribution in [3.05, 3.63) is 89.7 Å². The van der Waals surface area contributed by atoms with Gasteiger partial charge in [-0.1, -0.05) is 29.8 Å². The van der Waals surface area contributed by atoms with E-state index in [2.05, 4.69) is 5.32 Å². The number of carbonyl (C=O) groups is 2. The monoisotopic (exact) mass is 583 g/mol. The summed E-state index contributed by atoms with van der Waals surface area (Å²) < 4.78 is 47.9. The Bertz CT molecular complexity index is 1450. The summed E-state index contributed by atoms with van der Waals surface area (Å²) in [6.45, 7) is 10.7. The highest BCUT2D eigenvalue weighted by Crippen LogP contribution is 2.26. The molecular formula is C31H38FN3O5S. The number of rotatable bonds is 11. The number of ether oxygens (including phenoxy) is 1. The fraction of sp³-hybridized carbons (Fsp3) is 0.355. The van der Waals surface area contributed by atoms with Gasteiger partial charge in [0.05, 0.1) is 17.2 Å². The van der Waals surface area contributed by atoms with Gasteiger partial charge in [0, 0.05) is 12.1 Å². The predicted molar refractivity (Wildman–Crippen MR) is 158 cm³/mol. The lowest BCUT2D eigenvalue weighted by molar-refractivity contribution is -0.140. The van der Waals surface area contributed by atoms with Gasteiger partial charge in [0.1, 0.15) is 24.2 Å². The van der Waals surface area contributed by atoms with Crippen molar-refractivity contribution in [2.75, 3.05) is 17.5 Å². The number of sulfonamides is 1. The Labute approximate surface area is 242 Å². The number of benzene rings is 3. The van der Waals surface area contributed by atoms with E-state index >= 15 is 0 Å². The van der Waals surface area contributed by atoms with Crippen LogP contribution in [0.5, 0.6) is 5.75 Å². The molecule has 0 fully saturated rings. The summed E-state index contributed by atoms with van der Waals surface area (Å²) in [5.74, 6) is -1.02. The minimum atomic E-state index is -4.27. The van der Waals surface area contributed by atoms with Crippen LogP contribution in [0.25, 0.3) is 0 Å². The van der Waals surface area contributed by atoms with Crippen molar-refractivity contribution >= 4 is 27.5 Å². The molecule has 0 heterocycles. The van der Waals surface area contributed by atoms with Crippen molar-refractivity contribution < 1.29 is 27.1 Å². The Hall–Kier alpha value is -3.92. The van der Waals surface area contributed by atoms with Gasteiger partial charge >= 0.3 is 0 Å². The maximum Gasteiger partial charge on any atom is 0.264 e. The van der Waals surface area contributed by atoms with E-state index in [0.29, 0.717) is 12.4 Å². The first-order valence-electron chi connectivity index (χ1n) is 13.4. The van der Waals surface area contributed by atoms with Crippen LogP contribution in [0.2, 0.25) is 0 Å². The van der Waals surface area contributed by atoms with Crippen LogP contribution in [0.1, 0.15) is 45.7 Å². The standard InChI is InChI=1S/C31H38FN3O5S/c1-7-40-27-15-17-28(18-16-27)41(38,39)35(26-13-11-25(32)12-14-26)21-29(36)34(20-24-10-8-9-22(2)19-24)23(3)30(37)33-31(4,5)6/h8-19,23H,7,20-21H2,1-6H3,(H,33,37)/t23-/m0/s1. The first-order valence-corrected chi connectivity index (χ1v) is 14.8. The van der Waals surface area contributed by atoms with Gasteiger partial charge in [-0.3, -0.25) is 13.9 Å². The number of halogens is 1. The van der Waals surface area contributed by atoms with E-state index in [9.17, 15) is 22.4 Å². The third-order valence-electron chi connectivity index (χ3n) is 6.22. The molecule has 0 bridgehead atoms. The van der Waals surface area contributed by atoms with E-state index in [1.165, 1.54) is 41.3 Å². The summed E-state index contributed by atoms with van der Waals surface area (Å²) in [6.07, 6.45) is 0. The number of hydrogen-bond donors (Lipinski definition) is 1. The number of nitrogens with one attached hydrogen (secondary N) is 1. The highest BCUT2D eigenvalue weighted by Gasteiger charge is 2.33. The normalized spacial score (nSPS) is 12.4. The van der Waals surface area contributed by atoms with Crippen molar-refractivity contribution in [2.24, 2.45) is 0 Å². The highest BCUT2D eigenvalue weighted by molar-refractivity contribution is 7.92. The molecule has 1 N–H and O–H groups in total. The average Bonchev–Trinajstić information content (AvgIpc) is 2.90. The average molecular weight is 584 g/mol. The van der Waals surface area contributed by atoms with Crippen molar-refractivity contribution in [1.29, 1.82) is 0 Å². The molecule has 3 rings (SSSR count). The Balaban J connectivity index is 2.03. The Morgan fingerprint density at radius 2 is 1.63 bits per heavy atom. The summed E-state index contributed by atoms with van der Waals surface area (Å²) >= 11 is 0. The molecule has 0 aromatic heterocycles. The molecule has 0 aliphatic rings. The Morgan fingerprint density at radius 1 is 1.00 bits per heavy atom. The lowest BCUT2D eigenvalue weighted by Crippen LogP contribution is -2.54. The van der Waals surface area contributed by atoms with Gasteiger partial charge in [-0.15, -0.1) is 0 Å². The predicted octanol–water partition coefficient (Wildman–Crippen LogP) is 5.06. The smallest absolute Gasteiger partial charge is 0.264 e. The van der Waals surface area contributed by atoms with Crippen LogP contribution >= 0.6 is 0 Å². The van der Waals surface area contributed by atoms with Crippen molar-refractivity contribution in [3.8, 4) is 5.75 Å². The number of nitrogens with zero attached hydrogens (tertiary/aromatic N) is 2. The molecule has 0 aliphatic heterocycles. The van der Waals surface area contributed by atoms with Crippen LogP contribution in [0.15, 0.2) is 77.7 Å². The SMILES string of the molecule is CCOc1ccc(S(=O)(=O)N(CC(=O)N(Cc2cccc(C)c2)[C@@H](C)C(=O)NC(C)(C)C)c2ccc(F)cc2)cc1. The zero-order chi connectivity index (χ0) is 30.4. The van der Waals surface area contributed by atoms with Crippen LogP contribution in [-0.4, -0.2) is 49.9 Å². The third-order valence-corrected chi connectivity index (χ3v) is 8.01. The first kappa shape index (κ1) is 31.6. The fourth-order valence-electron chi connectivity index (χ4n) is 4.20. The third kappa shape index (κ3) is 8.53. The molecule has 8 nitrogen and oxygen atoms in total. The van der Waals surface area contributed by atoms with Gasteiger partial charge in [-0.2, -0.15) is 0 Å². The minimum Gasteiger partial charge on any atom is -0.494 e. The van der Waals surface area contributed by atoms with Crippen molar-refractivity contribution in [1.82, 2.24) is 10.2 Å². The molecule has 0 spiro atoms. The number of anilines is 1. The zero-order valence-electron chi connectivity index (χ0n) is 24.3. The fourth-order valence-corrected chi connectivity index (χ4v) is 5.62. The van der Waals surface area contributed by atoms with Gasteiger partial charge in [-0.25, -0.2) is 12.8 Å². The summed E-state index contributed by atoms with van der Waals surface area (Å²) in [5, 5.41) is 2.90. The van der Waals surface area contributed by atoms with Gasteiger partial charge < -0.3 is 15.0 Å². The molecule has 0 saturated heterocycles. The topological polar surface area (TPSA) is 96.0 Å². The lowest BCUT2D eigenvalue weighted by Gasteiger charge is -2.33. The van der Waals surface area contributed by atoms with E-state index in [1.54, 1.807) is 6.92 Å². The van der Waals surface area contributed by atoms with Gasteiger partial charge in [0.25, 0.3) is 10.0 Å². The van der Waals surface area contributed by atoms with Crippen molar-refractivity contribution in [2.45, 2.75) is 64.6 Å². The van der Waals surface area contributed by atoms with Gasteiger partial charge in [0.2, 0.25) is 11.8 Å². The number of carbonyl (C=O) groups excluding carboxylic acids is 2. The minimum absolute atomic E-state index is 0.0677. The summed E-state index contributed by atoms with van der Waals surface area (Å²) in [6, 6.07) is 17.3. The first-order chi connectivity index (χ1) is 19.2. The molecule has 1 atom stereocenters. The molecule has 41 heavy (non-hydrogen) atoms. The maximum absolute atomic E-state index is 14.0. The summed E-state index contributed by atoms with van der Waals surface area (Å²) in [7, 11) is -4.27. The van der Waals surface area contributed by atoms with Gasteiger partial charge in [-0.05, 0) is 95.6 Å². The molecule has 0 saturated carbocycles. The van der Waals surface area contributed by atoms with E-state index < -0.39 is 39.9 Å². The van der Waals surface area contributed by atoms with E-state index in [-0.39, 0.29) is 23.0 Å². The molecule has 0 radical (unpaired) electrons. The van der Waals surface area contributed by atoms with Crippen molar-refractivity contribution in [3.63, 3.8) is 0 Å². The molecule has 3 aromatic rings. The number of aryl methyl sites for hydroxylation is 1. The molecule has 0 aliphatic carbocycles.